The molecule has 0 amide bonds. The number of hydrogen-bond acceptors (Lipinski definition) is 6. The Morgan fingerprint density at radius 2 is 1.82 bits per heavy atom. The predicted octanol–water partition coefficient (Wildman–Crippen LogP) is 4.54. The summed E-state index contributed by atoms with van der Waals surface area (Å²) in [5.41, 5.74) is 2.89. The summed E-state index contributed by atoms with van der Waals surface area (Å²) in [6.45, 7) is 0. The van der Waals surface area contributed by atoms with Gasteiger partial charge < -0.3 is 18.6 Å². The van der Waals surface area contributed by atoms with Crippen molar-refractivity contribution in [3.63, 3.8) is 0 Å². The maximum atomic E-state index is 6.39. The molecule has 2 atom stereocenters. The number of ether oxygens (including phenoxy) is 3. The van der Waals surface area contributed by atoms with E-state index in [4.69, 9.17) is 23.7 Å². The van der Waals surface area contributed by atoms with E-state index in [1.54, 1.807) is 20.5 Å². The molecule has 0 N–H and O–H groups in total. The number of hydrogen-bond donors (Lipinski definition) is 0. The minimum absolute atomic E-state index is 0.0611. The van der Waals surface area contributed by atoms with Gasteiger partial charge in [-0.05, 0) is 30.3 Å². The minimum atomic E-state index is -0.433. The summed E-state index contributed by atoms with van der Waals surface area (Å²) < 4.78 is 23.1. The Morgan fingerprint density at radius 1 is 0.964 bits per heavy atom. The molecule has 2 aliphatic rings. The van der Waals surface area contributed by atoms with Crippen LogP contribution in [0.5, 0.6) is 17.2 Å². The van der Waals surface area contributed by atoms with E-state index in [-0.39, 0.29) is 6.04 Å². The largest absolute Gasteiger partial charge is 0.493 e. The van der Waals surface area contributed by atoms with Crippen LogP contribution in [0.1, 0.15) is 35.6 Å². The second-order valence-electron chi connectivity index (χ2n) is 6.71. The lowest BCUT2D eigenvalue weighted by Crippen LogP contribution is -2.34. The number of furan rings is 1. The van der Waals surface area contributed by atoms with Crippen molar-refractivity contribution in [2.45, 2.75) is 18.7 Å². The Morgan fingerprint density at radius 3 is 2.61 bits per heavy atom. The second-order valence-corrected chi connectivity index (χ2v) is 6.71. The van der Waals surface area contributed by atoms with E-state index >= 15 is 0 Å². The molecule has 0 fully saturated rings. The standard InChI is InChI=1S/C22H20N2O4/c1-25-20-10-5-8-15(21(20)26-2)22-24-17(14-7-3-4-9-18(14)28-22)13-16(23-24)19-11-6-12-27-19/h3-12,17,22H,13H2,1-2H3/t17-,22+/m0/s1. The second kappa shape index (κ2) is 6.64. The zero-order chi connectivity index (χ0) is 19.1. The fraction of sp³-hybridized carbons (Fsp3) is 0.227. The minimum Gasteiger partial charge on any atom is -0.493 e. The Bertz CT molecular complexity index is 1030. The molecule has 3 aromatic rings. The zero-order valence-electron chi connectivity index (χ0n) is 15.7. The van der Waals surface area contributed by atoms with Gasteiger partial charge in [0.2, 0.25) is 6.23 Å². The third kappa shape index (κ3) is 2.52. The molecule has 0 saturated heterocycles. The molecule has 0 spiro atoms. The smallest absolute Gasteiger partial charge is 0.217 e. The molecule has 28 heavy (non-hydrogen) atoms. The number of benzene rings is 2. The van der Waals surface area contributed by atoms with Gasteiger partial charge in [0, 0.05) is 12.0 Å². The van der Waals surface area contributed by atoms with Crippen molar-refractivity contribution in [3.8, 4) is 17.2 Å². The first kappa shape index (κ1) is 16.7. The van der Waals surface area contributed by atoms with Crippen LogP contribution in [-0.4, -0.2) is 24.9 Å². The van der Waals surface area contributed by atoms with E-state index in [2.05, 4.69) is 6.07 Å². The topological polar surface area (TPSA) is 56.4 Å². The van der Waals surface area contributed by atoms with Gasteiger partial charge in [0.1, 0.15) is 17.2 Å². The first-order chi connectivity index (χ1) is 13.8. The van der Waals surface area contributed by atoms with Gasteiger partial charge in [-0.15, -0.1) is 0 Å². The van der Waals surface area contributed by atoms with Gasteiger partial charge in [-0.25, -0.2) is 5.01 Å². The van der Waals surface area contributed by atoms with Gasteiger partial charge in [0.05, 0.1) is 32.1 Å². The lowest BCUT2D eigenvalue weighted by atomic mass is 9.97. The molecule has 0 aliphatic carbocycles. The van der Waals surface area contributed by atoms with E-state index in [9.17, 15) is 0 Å². The molecule has 5 rings (SSSR count). The molecule has 1 aromatic heterocycles. The highest BCUT2D eigenvalue weighted by molar-refractivity contribution is 5.99. The van der Waals surface area contributed by atoms with Crippen molar-refractivity contribution >= 4 is 5.71 Å². The molecule has 6 nitrogen and oxygen atoms in total. The lowest BCUT2D eigenvalue weighted by Gasteiger charge is -2.38. The molecule has 6 heteroatoms. The molecule has 2 aromatic carbocycles. The van der Waals surface area contributed by atoms with Crippen molar-refractivity contribution < 1.29 is 18.6 Å². The van der Waals surface area contributed by atoms with Crippen LogP contribution < -0.4 is 14.2 Å². The number of methoxy groups -OCH3 is 2. The fourth-order valence-corrected chi connectivity index (χ4v) is 3.94. The highest BCUT2D eigenvalue weighted by Gasteiger charge is 2.42. The van der Waals surface area contributed by atoms with Crippen LogP contribution in [0.2, 0.25) is 0 Å². The summed E-state index contributed by atoms with van der Waals surface area (Å²) in [6, 6.07) is 17.8. The molecular formula is C22H20N2O4. The number of para-hydroxylation sites is 2. The van der Waals surface area contributed by atoms with Crippen molar-refractivity contribution in [3.05, 3.63) is 77.7 Å². The zero-order valence-corrected chi connectivity index (χ0v) is 15.7. The summed E-state index contributed by atoms with van der Waals surface area (Å²) in [6.07, 6.45) is 1.98. The van der Waals surface area contributed by atoms with E-state index in [1.807, 2.05) is 53.5 Å². The van der Waals surface area contributed by atoms with Crippen LogP contribution in [-0.2, 0) is 0 Å². The molecule has 0 saturated carbocycles. The first-order valence-electron chi connectivity index (χ1n) is 9.16. The molecule has 2 aliphatic heterocycles. The van der Waals surface area contributed by atoms with Gasteiger partial charge in [0.25, 0.3) is 0 Å². The average molecular weight is 376 g/mol. The van der Waals surface area contributed by atoms with Crippen LogP contribution in [0.3, 0.4) is 0 Å². The van der Waals surface area contributed by atoms with Gasteiger partial charge >= 0.3 is 0 Å². The third-order valence-electron chi connectivity index (χ3n) is 5.20. The molecule has 142 valence electrons. The third-order valence-corrected chi connectivity index (χ3v) is 5.20. The SMILES string of the molecule is COc1cccc([C@H]2Oc3ccccc3[C@@H]3CC(c4ccco4)=NN23)c1OC. The van der Waals surface area contributed by atoms with Gasteiger partial charge in [-0.2, -0.15) is 5.10 Å². The van der Waals surface area contributed by atoms with Crippen LogP contribution in [0.4, 0.5) is 0 Å². The van der Waals surface area contributed by atoms with E-state index in [0.29, 0.717) is 11.5 Å². The molecule has 3 heterocycles. The first-order valence-corrected chi connectivity index (χ1v) is 9.16. The summed E-state index contributed by atoms with van der Waals surface area (Å²) in [5.74, 6) is 2.95. The van der Waals surface area contributed by atoms with Gasteiger partial charge in [0.15, 0.2) is 11.5 Å². The van der Waals surface area contributed by atoms with Gasteiger partial charge in [-0.1, -0.05) is 24.3 Å². The molecular weight excluding hydrogens is 356 g/mol. The number of hydrazone groups is 1. The summed E-state index contributed by atoms with van der Waals surface area (Å²) in [5, 5.41) is 6.87. The Hall–Kier alpha value is -3.41. The summed E-state index contributed by atoms with van der Waals surface area (Å²) in [4.78, 5) is 0. The van der Waals surface area contributed by atoms with Crippen LogP contribution in [0.15, 0.2) is 70.4 Å². The predicted molar refractivity (Wildman–Crippen MR) is 104 cm³/mol. The maximum Gasteiger partial charge on any atom is 0.217 e. The van der Waals surface area contributed by atoms with E-state index < -0.39 is 6.23 Å². The maximum absolute atomic E-state index is 6.39. The highest BCUT2D eigenvalue weighted by atomic mass is 16.5. The Labute approximate surface area is 162 Å². The van der Waals surface area contributed by atoms with E-state index in [0.717, 1.165) is 34.8 Å². The fourth-order valence-electron chi connectivity index (χ4n) is 3.94. The van der Waals surface area contributed by atoms with Crippen LogP contribution in [0.25, 0.3) is 0 Å². The van der Waals surface area contributed by atoms with Gasteiger partial charge in [-0.3, -0.25) is 0 Å². The van der Waals surface area contributed by atoms with Crippen LogP contribution in [0, 0.1) is 0 Å². The normalized spacial score (nSPS) is 20.1. The Kier molecular flexibility index (Phi) is 3.97. The van der Waals surface area contributed by atoms with Crippen molar-refractivity contribution in [2.75, 3.05) is 14.2 Å². The summed E-state index contributed by atoms with van der Waals surface area (Å²) in [7, 11) is 3.27. The number of rotatable bonds is 4. The Balaban J connectivity index is 1.64. The monoisotopic (exact) mass is 376 g/mol. The quantitative estimate of drug-likeness (QED) is 0.669. The van der Waals surface area contributed by atoms with Crippen molar-refractivity contribution in [1.82, 2.24) is 5.01 Å². The molecule has 0 unspecified atom stereocenters. The highest BCUT2D eigenvalue weighted by Crippen LogP contribution is 2.49. The average Bonchev–Trinajstić information content (AvgIpc) is 3.42. The van der Waals surface area contributed by atoms with Crippen molar-refractivity contribution in [2.24, 2.45) is 5.10 Å². The van der Waals surface area contributed by atoms with Crippen LogP contribution >= 0.6 is 0 Å². The van der Waals surface area contributed by atoms with E-state index in [1.165, 1.54) is 0 Å². The molecule has 0 bridgehead atoms. The lowest BCUT2D eigenvalue weighted by molar-refractivity contribution is -0.0205. The number of nitrogens with zero attached hydrogens (tertiary/aromatic N) is 2. The van der Waals surface area contributed by atoms with Crippen molar-refractivity contribution in [1.29, 1.82) is 0 Å². The summed E-state index contributed by atoms with van der Waals surface area (Å²) >= 11 is 0. The molecule has 0 radical (unpaired) electrons. The number of fused-ring (bicyclic) bond motifs is 3.